The third-order valence-electron chi connectivity index (χ3n) is 3.38. The summed E-state index contributed by atoms with van der Waals surface area (Å²) < 4.78 is 26.3. The molecule has 0 bridgehead atoms. The Morgan fingerprint density at radius 1 is 0.909 bits per heavy atom. The van der Waals surface area contributed by atoms with Crippen LogP contribution in [0.2, 0.25) is 0 Å². The largest absolute Gasteiger partial charge is 0.323 e. The van der Waals surface area contributed by atoms with E-state index in [9.17, 15) is 13.6 Å². The fourth-order valence-electron chi connectivity index (χ4n) is 2.32. The van der Waals surface area contributed by atoms with Crippen LogP contribution in [-0.2, 0) is 11.2 Å². The lowest BCUT2D eigenvalue weighted by molar-refractivity contribution is -0.115. The lowest BCUT2D eigenvalue weighted by Crippen LogP contribution is -2.15. The first-order valence-electron chi connectivity index (χ1n) is 6.84. The zero-order valence-corrected chi connectivity index (χ0v) is 11.6. The highest BCUT2D eigenvalue weighted by Gasteiger charge is 2.09. The number of nitrogens with one attached hydrogen (secondary N) is 1. The Bertz CT molecular complexity index is 845. The molecule has 1 N–H and O–H groups in total. The monoisotopic (exact) mass is 297 g/mol. The first-order valence-corrected chi connectivity index (χ1v) is 6.84. The minimum atomic E-state index is -0.785. The fourth-order valence-corrected chi connectivity index (χ4v) is 2.32. The molecule has 0 saturated heterocycles. The molecule has 110 valence electrons. The number of carbonyl (C=O) groups is 1. The molecule has 0 unspecified atom stereocenters. The molecule has 0 radical (unpaired) electrons. The summed E-state index contributed by atoms with van der Waals surface area (Å²) in [5.41, 5.74) is 0.811. The maximum absolute atomic E-state index is 13.5. The summed E-state index contributed by atoms with van der Waals surface area (Å²) in [6.45, 7) is 0. The molecule has 0 spiro atoms. The zero-order chi connectivity index (χ0) is 15.5. The van der Waals surface area contributed by atoms with Crippen LogP contribution in [0.15, 0.2) is 60.7 Å². The smallest absolute Gasteiger partial charge is 0.228 e. The van der Waals surface area contributed by atoms with Crippen LogP contribution in [0.1, 0.15) is 5.56 Å². The number of hydrogen-bond donors (Lipinski definition) is 1. The molecule has 0 fully saturated rings. The lowest BCUT2D eigenvalue weighted by Gasteiger charge is -2.07. The average Bonchev–Trinajstić information content (AvgIpc) is 2.50. The molecule has 2 nitrogen and oxygen atoms in total. The van der Waals surface area contributed by atoms with E-state index in [1.165, 1.54) is 6.07 Å². The number of halogens is 2. The summed E-state index contributed by atoms with van der Waals surface area (Å²) in [6, 6.07) is 16.6. The van der Waals surface area contributed by atoms with Crippen LogP contribution in [0.25, 0.3) is 10.8 Å². The second-order valence-corrected chi connectivity index (χ2v) is 5.03. The van der Waals surface area contributed by atoms with Gasteiger partial charge in [0.05, 0.1) is 12.1 Å². The number of rotatable bonds is 3. The molecule has 0 aliphatic heterocycles. The van der Waals surface area contributed by atoms with Crippen molar-refractivity contribution in [3.8, 4) is 0 Å². The van der Waals surface area contributed by atoms with Crippen molar-refractivity contribution in [2.24, 2.45) is 0 Å². The van der Waals surface area contributed by atoms with Crippen molar-refractivity contribution in [3.05, 3.63) is 77.9 Å². The molecular formula is C18H13F2NO. The number of benzene rings is 3. The molecule has 0 aliphatic carbocycles. The van der Waals surface area contributed by atoms with Gasteiger partial charge < -0.3 is 5.32 Å². The van der Waals surface area contributed by atoms with E-state index in [0.717, 1.165) is 28.5 Å². The lowest BCUT2D eigenvalue weighted by atomic mass is 10.0. The molecule has 0 aromatic heterocycles. The van der Waals surface area contributed by atoms with Crippen molar-refractivity contribution in [1.82, 2.24) is 0 Å². The Hall–Kier alpha value is -2.75. The van der Waals surface area contributed by atoms with Gasteiger partial charge in [0.2, 0.25) is 5.91 Å². The van der Waals surface area contributed by atoms with Gasteiger partial charge in [-0.15, -0.1) is 0 Å². The highest BCUT2D eigenvalue weighted by molar-refractivity contribution is 5.93. The molecule has 0 saturated carbocycles. The van der Waals surface area contributed by atoms with Gasteiger partial charge in [-0.2, -0.15) is 0 Å². The second kappa shape index (κ2) is 5.93. The topological polar surface area (TPSA) is 29.1 Å². The quantitative estimate of drug-likeness (QED) is 0.767. The molecule has 0 heterocycles. The first-order chi connectivity index (χ1) is 10.6. The van der Waals surface area contributed by atoms with Crippen molar-refractivity contribution >= 4 is 22.4 Å². The molecule has 1 amide bonds. The van der Waals surface area contributed by atoms with E-state index >= 15 is 0 Å². The van der Waals surface area contributed by atoms with Crippen LogP contribution in [0.4, 0.5) is 14.5 Å². The number of amides is 1. The molecule has 3 rings (SSSR count). The van der Waals surface area contributed by atoms with Crippen molar-refractivity contribution < 1.29 is 13.6 Å². The maximum atomic E-state index is 13.5. The van der Waals surface area contributed by atoms with Crippen LogP contribution >= 0.6 is 0 Å². The van der Waals surface area contributed by atoms with Crippen LogP contribution in [0, 0.1) is 11.6 Å². The third kappa shape index (κ3) is 3.11. The number of hydrogen-bond acceptors (Lipinski definition) is 1. The van der Waals surface area contributed by atoms with Gasteiger partial charge in [-0.3, -0.25) is 4.79 Å². The minimum Gasteiger partial charge on any atom is -0.323 e. The highest BCUT2D eigenvalue weighted by atomic mass is 19.1. The first kappa shape index (κ1) is 14.2. The molecular weight excluding hydrogens is 284 g/mol. The number of fused-ring (bicyclic) bond motifs is 1. The number of carbonyl (C=O) groups excluding carboxylic acids is 1. The van der Waals surface area contributed by atoms with Crippen LogP contribution in [0.5, 0.6) is 0 Å². The van der Waals surface area contributed by atoms with Crippen molar-refractivity contribution in [2.45, 2.75) is 6.42 Å². The van der Waals surface area contributed by atoms with Crippen molar-refractivity contribution in [1.29, 1.82) is 0 Å². The van der Waals surface area contributed by atoms with Gasteiger partial charge in [-0.05, 0) is 28.5 Å². The Morgan fingerprint density at radius 2 is 1.68 bits per heavy atom. The predicted molar refractivity (Wildman–Crippen MR) is 82.6 cm³/mol. The van der Waals surface area contributed by atoms with E-state index < -0.39 is 11.6 Å². The molecule has 0 aliphatic rings. The normalized spacial score (nSPS) is 10.6. The van der Waals surface area contributed by atoms with Crippen LogP contribution in [-0.4, -0.2) is 5.91 Å². The Morgan fingerprint density at radius 3 is 2.45 bits per heavy atom. The summed E-state index contributed by atoms with van der Waals surface area (Å²) in [6.07, 6.45) is 0.127. The van der Waals surface area contributed by atoms with Crippen molar-refractivity contribution in [3.63, 3.8) is 0 Å². The van der Waals surface area contributed by atoms with Gasteiger partial charge in [0.1, 0.15) is 11.6 Å². The Balaban J connectivity index is 1.75. The van der Waals surface area contributed by atoms with E-state index in [2.05, 4.69) is 5.32 Å². The Labute approximate surface area is 126 Å². The maximum Gasteiger partial charge on any atom is 0.228 e. The minimum absolute atomic E-state index is 0.0211. The predicted octanol–water partition coefficient (Wildman–Crippen LogP) is 4.30. The van der Waals surface area contributed by atoms with E-state index in [4.69, 9.17) is 0 Å². The third-order valence-corrected chi connectivity index (χ3v) is 3.38. The van der Waals surface area contributed by atoms with E-state index in [0.29, 0.717) is 0 Å². The molecule has 3 aromatic carbocycles. The second-order valence-electron chi connectivity index (χ2n) is 5.03. The zero-order valence-electron chi connectivity index (χ0n) is 11.6. The molecule has 3 aromatic rings. The van der Waals surface area contributed by atoms with Gasteiger partial charge >= 0.3 is 0 Å². The van der Waals surface area contributed by atoms with Crippen LogP contribution < -0.4 is 5.32 Å². The molecule has 0 atom stereocenters. The highest BCUT2D eigenvalue weighted by Crippen LogP contribution is 2.18. The summed E-state index contributed by atoms with van der Waals surface area (Å²) >= 11 is 0. The summed E-state index contributed by atoms with van der Waals surface area (Å²) in [5.74, 6) is -1.81. The van der Waals surface area contributed by atoms with Gasteiger partial charge in [0.25, 0.3) is 0 Å². The van der Waals surface area contributed by atoms with E-state index in [-0.39, 0.29) is 18.0 Å². The van der Waals surface area contributed by atoms with Crippen molar-refractivity contribution in [2.75, 3.05) is 5.32 Å². The van der Waals surface area contributed by atoms with Crippen LogP contribution in [0.3, 0.4) is 0 Å². The molecule has 22 heavy (non-hydrogen) atoms. The van der Waals surface area contributed by atoms with Gasteiger partial charge in [0.15, 0.2) is 0 Å². The van der Waals surface area contributed by atoms with E-state index in [1.54, 1.807) is 0 Å². The van der Waals surface area contributed by atoms with Gasteiger partial charge in [-0.1, -0.05) is 42.5 Å². The SMILES string of the molecule is O=C(Cc1ccc2ccccc2c1)Nc1ccc(F)cc1F. The Kier molecular flexibility index (Phi) is 3.83. The summed E-state index contributed by atoms with van der Waals surface area (Å²) in [7, 11) is 0. The number of anilines is 1. The van der Waals surface area contributed by atoms with Gasteiger partial charge in [-0.25, -0.2) is 8.78 Å². The van der Waals surface area contributed by atoms with E-state index in [1.807, 2.05) is 42.5 Å². The standard InChI is InChI=1S/C18H13F2NO/c19-15-7-8-17(16(20)11-15)21-18(22)10-12-5-6-13-3-1-2-4-14(13)9-12/h1-9,11H,10H2,(H,21,22). The summed E-state index contributed by atoms with van der Waals surface area (Å²) in [4.78, 5) is 12.0. The molecule has 4 heteroatoms. The summed E-state index contributed by atoms with van der Waals surface area (Å²) in [5, 5.41) is 4.59. The average molecular weight is 297 g/mol. The van der Waals surface area contributed by atoms with Gasteiger partial charge in [0, 0.05) is 6.07 Å². The fraction of sp³-hybridized carbons (Fsp3) is 0.0556.